The van der Waals surface area contributed by atoms with Gasteiger partial charge in [0.25, 0.3) is 5.56 Å². The molecule has 0 atom stereocenters. The van der Waals surface area contributed by atoms with Gasteiger partial charge in [-0.15, -0.1) is 11.8 Å². The smallest absolute Gasteiger partial charge is 0.325 e. The van der Waals surface area contributed by atoms with E-state index >= 15 is 0 Å². The summed E-state index contributed by atoms with van der Waals surface area (Å²) >= 11 is 1.32. The van der Waals surface area contributed by atoms with Gasteiger partial charge in [0.15, 0.2) is 0 Å². The number of hydrogen-bond acceptors (Lipinski definition) is 5. The van der Waals surface area contributed by atoms with Crippen LogP contribution in [0.4, 0.5) is 5.69 Å². The lowest BCUT2D eigenvalue weighted by molar-refractivity contribution is -0.113. The van der Waals surface area contributed by atoms with Gasteiger partial charge < -0.3 is 5.32 Å². The molecule has 164 valence electrons. The molecule has 0 fully saturated rings. The average Bonchev–Trinajstić information content (AvgIpc) is 2.75. The fourth-order valence-corrected chi connectivity index (χ4v) is 4.54. The van der Waals surface area contributed by atoms with E-state index in [1.807, 2.05) is 32.0 Å². The zero-order valence-corrected chi connectivity index (χ0v) is 19.4. The fraction of sp³-hybridized carbons (Fsp3) is 0.391. The highest BCUT2D eigenvalue weighted by Gasteiger charge is 2.18. The van der Waals surface area contributed by atoms with Crippen LogP contribution in [0.15, 0.2) is 38.9 Å². The number of anilines is 1. The van der Waals surface area contributed by atoms with Gasteiger partial charge in [-0.3, -0.25) is 18.7 Å². The quantitative estimate of drug-likeness (QED) is 0.570. The lowest BCUT2D eigenvalue weighted by Gasteiger charge is -2.14. The van der Waals surface area contributed by atoms with Gasteiger partial charge in [-0.1, -0.05) is 31.0 Å². The Hall–Kier alpha value is -2.87. The second-order valence-corrected chi connectivity index (χ2v) is 8.76. The molecule has 0 bridgehead atoms. The van der Waals surface area contributed by atoms with E-state index < -0.39 is 5.69 Å². The molecule has 2 heterocycles. The second kappa shape index (κ2) is 9.51. The van der Waals surface area contributed by atoms with Gasteiger partial charge in [0.1, 0.15) is 5.65 Å². The van der Waals surface area contributed by atoms with Crippen LogP contribution in [-0.2, 0) is 25.3 Å². The van der Waals surface area contributed by atoms with Crippen LogP contribution in [0.5, 0.6) is 0 Å². The van der Waals surface area contributed by atoms with Gasteiger partial charge in [0, 0.05) is 30.9 Å². The van der Waals surface area contributed by atoms with Crippen molar-refractivity contribution in [3.05, 3.63) is 61.9 Å². The molecule has 1 aromatic carbocycles. The Kier molecular flexibility index (Phi) is 7.00. The van der Waals surface area contributed by atoms with Crippen molar-refractivity contribution in [1.82, 2.24) is 14.1 Å². The molecule has 0 aliphatic heterocycles. The highest BCUT2D eigenvalue weighted by molar-refractivity contribution is 8.00. The van der Waals surface area contributed by atoms with Crippen molar-refractivity contribution in [2.45, 2.75) is 44.9 Å². The van der Waals surface area contributed by atoms with Crippen molar-refractivity contribution in [3.8, 4) is 0 Å². The first-order valence-corrected chi connectivity index (χ1v) is 11.3. The van der Waals surface area contributed by atoms with E-state index in [1.165, 1.54) is 23.4 Å². The number of benzene rings is 1. The minimum absolute atomic E-state index is 0.148. The summed E-state index contributed by atoms with van der Waals surface area (Å²) in [5.74, 6) is 0.00220. The number of unbranched alkanes of at least 4 members (excludes halogenated alkanes) is 1. The number of thioether (sulfide) groups is 1. The topological polar surface area (TPSA) is 86.0 Å². The predicted octanol–water partition coefficient (Wildman–Crippen LogP) is 3.32. The van der Waals surface area contributed by atoms with Crippen molar-refractivity contribution < 1.29 is 4.79 Å². The van der Waals surface area contributed by atoms with Crippen LogP contribution in [0.2, 0.25) is 0 Å². The third-order valence-corrected chi connectivity index (χ3v) is 6.46. The molecule has 3 aromatic rings. The summed E-state index contributed by atoms with van der Waals surface area (Å²) in [7, 11) is 3.06. The Bertz CT molecular complexity index is 1260. The van der Waals surface area contributed by atoms with Crippen LogP contribution in [0.1, 0.15) is 36.5 Å². The Morgan fingerprint density at radius 3 is 2.58 bits per heavy atom. The molecule has 0 aliphatic rings. The zero-order valence-electron chi connectivity index (χ0n) is 18.6. The summed E-state index contributed by atoms with van der Waals surface area (Å²) in [5.41, 5.74) is 3.37. The summed E-state index contributed by atoms with van der Waals surface area (Å²) in [5, 5.41) is 3.34. The van der Waals surface area contributed by atoms with Crippen LogP contribution < -0.4 is 16.6 Å². The maximum absolute atomic E-state index is 13.0. The Morgan fingerprint density at radius 1 is 1.16 bits per heavy atom. The number of nitrogens with zero attached hydrogens (tertiary/aromatic N) is 3. The fourth-order valence-electron chi connectivity index (χ4n) is 3.53. The number of amides is 1. The van der Waals surface area contributed by atoms with E-state index in [1.54, 1.807) is 13.2 Å². The molecular weight excluding hydrogens is 412 g/mol. The molecule has 8 heteroatoms. The van der Waals surface area contributed by atoms with Crippen molar-refractivity contribution in [2.75, 3.05) is 11.1 Å². The third kappa shape index (κ3) is 4.74. The van der Waals surface area contributed by atoms with Crippen LogP contribution in [-0.4, -0.2) is 25.8 Å². The molecule has 1 amide bonds. The van der Waals surface area contributed by atoms with E-state index in [2.05, 4.69) is 17.2 Å². The molecule has 31 heavy (non-hydrogen) atoms. The van der Waals surface area contributed by atoms with Crippen LogP contribution >= 0.6 is 11.8 Å². The van der Waals surface area contributed by atoms with E-state index in [0.717, 1.165) is 51.1 Å². The number of pyridine rings is 1. The minimum atomic E-state index is -0.421. The molecular formula is C23H28N4O3S. The highest BCUT2D eigenvalue weighted by atomic mass is 32.2. The van der Waals surface area contributed by atoms with Gasteiger partial charge in [-0.25, -0.2) is 9.78 Å². The van der Waals surface area contributed by atoms with Crippen molar-refractivity contribution >= 4 is 34.4 Å². The van der Waals surface area contributed by atoms with Crippen molar-refractivity contribution in [3.63, 3.8) is 0 Å². The van der Waals surface area contributed by atoms with Gasteiger partial charge >= 0.3 is 5.69 Å². The number of fused-ring (bicyclic) bond motifs is 1. The molecule has 2 aromatic heterocycles. The minimum Gasteiger partial charge on any atom is -0.325 e. The molecule has 0 spiro atoms. The number of hydrogen-bond donors (Lipinski definition) is 1. The number of aryl methyl sites for hydroxylation is 4. The van der Waals surface area contributed by atoms with E-state index in [0.29, 0.717) is 11.0 Å². The first-order valence-electron chi connectivity index (χ1n) is 10.3. The Labute approximate surface area is 185 Å². The molecule has 0 unspecified atom stereocenters. The lowest BCUT2D eigenvalue weighted by Crippen LogP contribution is -2.37. The van der Waals surface area contributed by atoms with Gasteiger partial charge in [0.2, 0.25) is 5.91 Å². The first kappa shape index (κ1) is 22.8. The molecule has 0 saturated heterocycles. The van der Waals surface area contributed by atoms with Crippen LogP contribution in [0, 0.1) is 13.8 Å². The predicted molar refractivity (Wildman–Crippen MR) is 126 cm³/mol. The summed E-state index contributed by atoms with van der Waals surface area (Å²) in [6, 6.07) is 5.87. The second-order valence-electron chi connectivity index (χ2n) is 7.78. The van der Waals surface area contributed by atoms with Gasteiger partial charge in [-0.2, -0.15) is 0 Å². The number of carbonyl (C=O) groups is 1. The largest absolute Gasteiger partial charge is 0.332 e. The average molecular weight is 441 g/mol. The summed E-state index contributed by atoms with van der Waals surface area (Å²) in [6.45, 7) is 6.06. The lowest BCUT2D eigenvalue weighted by atomic mass is 10.1. The first-order chi connectivity index (χ1) is 14.7. The SMILES string of the molecule is CCCCc1cnc2c(c1SCC(=O)Nc1ccc(C)cc1C)c(=O)n(C)c(=O)n2C. The van der Waals surface area contributed by atoms with Crippen molar-refractivity contribution in [1.29, 1.82) is 0 Å². The Balaban J connectivity index is 1.98. The molecule has 1 N–H and O–H groups in total. The van der Waals surface area contributed by atoms with E-state index in [9.17, 15) is 14.4 Å². The number of carbonyl (C=O) groups excluding carboxylic acids is 1. The molecule has 0 radical (unpaired) electrons. The monoisotopic (exact) mass is 440 g/mol. The Morgan fingerprint density at radius 2 is 1.90 bits per heavy atom. The van der Waals surface area contributed by atoms with Gasteiger partial charge in [0.05, 0.1) is 11.1 Å². The number of nitrogens with one attached hydrogen (secondary N) is 1. The van der Waals surface area contributed by atoms with Crippen molar-refractivity contribution in [2.24, 2.45) is 14.1 Å². The maximum atomic E-state index is 13.0. The summed E-state index contributed by atoms with van der Waals surface area (Å²) < 4.78 is 2.47. The molecule has 3 rings (SSSR count). The normalized spacial score (nSPS) is 11.1. The summed E-state index contributed by atoms with van der Waals surface area (Å²) in [4.78, 5) is 43.1. The molecule has 0 aliphatic carbocycles. The van der Waals surface area contributed by atoms with Crippen LogP contribution in [0.25, 0.3) is 11.0 Å². The third-order valence-electron chi connectivity index (χ3n) is 5.30. The highest BCUT2D eigenvalue weighted by Crippen LogP contribution is 2.29. The number of rotatable bonds is 7. The molecule has 7 nitrogen and oxygen atoms in total. The van der Waals surface area contributed by atoms with E-state index in [-0.39, 0.29) is 17.2 Å². The van der Waals surface area contributed by atoms with Gasteiger partial charge in [-0.05, 0) is 43.9 Å². The maximum Gasteiger partial charge on any atom is 0.332 e. The van der Waals surface area contributed by atoms with Crippen LogP contribution in [0.3, 0.4) is 0 Å². The number of aromatic nitrogens is 3. The zero-order chi connectivity index (χ0) is 22.7. The summed E-state index contributed by atoms with van der Waals surface area (Å²) in [6.07, 6.45) is 4.43. The molecule has 0 saturated carbocycles. The standard InChI is InChI=1S/C23H28N4O3S/c1-6-7-8-16-12-24-21-19(22(29)27(5)23(30)26(21)4)20(16)31-13-18(28)25-17-10-9-14(2)11-15(17)3/h9-12H,6-8,13H2,1-5H3,(H,25,28). The van der Waals surface area contributed by atoms with E-state index in [4.69, 9.17) is 0 Å².